The van der Waals surface area contributed by atoms with Crippen LogP contribution in [0.15, 0.2) is 170 Å². The largest absolute Gasteiger partial charge is 0.310 e. The fourth-order valence-electron chi connectivity index (χ4n) is 8.93. The molecule has 7 aromatic rings. The van der Waals surface area contributed by atoms with E-state index in [0.29, 0.717) is 0 Å². The molecule has 0 amide bonds. The molecule has 1 fully saturated rings. The van der Waals surface area contributed by atoms with Crippen molar-refractivity contribution in [3.8, 4) is 44.5 Å². The number of nitrogens with zero attached hydrogens (tertiary/aromatic N) is 1. The van der Waals surface area contributed by atoms with Gasteiger partial charge in [-0.25, -0.2) is 0 Å². The Morgan fingerprint density at radius 3 is 1.56 bits per heavy atom. The number of hydrogen-bond acceptors (Lipinski definition) is 1. The number of rotatable bonds is 7. The van der Waals surface area contributed by atoms with Gasteiger partial charge < -0.3 is 4.90 Å². The summed E-state index contributed by atoms with van der Waals surface area (Å²) in [5.41, 5.74) is 17.8. The molecule has 1 nitrogen and oxygen atoms in total. The van der Waals surface area contributed by atoms with Crippen LogP contribution in [0.2, 0.25) is 0 Å². The van der Waals surface area contributed by atoms with Crippen molar-refractivity contribution in [2.75, 3.05) is 4.90 Å². The molecule has 0 heterocycles. The van der Waals surface area contributed by atoms with E-state index >= 15 is 0 Å². The second kappa shape index (κ2) is 13.5. The van der Waals surface area contributed by atoms with Crippen molar-refractivity contribution in [1.82, 2.24) is 0 Å². The fraction of sp³-hybridized carbons (Fsp3) is 0.176. The first-order chi connectivity index (χ1) is 25.6. The van der Waals surface area contributed by atoms with Gasteiger partial charge in [0.05, 0.1) is 5.69 Å². The predicted molar refractivity (Wildman–Crippen MR) is 221 cm³/mol. The maximum absolute atomic E-state index is 2.46. The molecule has 52 heavy (non-hydrogen) atoms. The van der Waals surface area contributed by atoms with Gasteiger partial charge in [0.2, 0.25) is 0 Å². The normalized spacial score (nSPS) is 14.8. The Morgan fingerprint density at radius 2 is 0.923 bits per heavy atom. The van der Waals surface area contributed by atoms with Gasteiger partial charge in [0.1, 0.15) is 0 Å². The highest BCUT2D eigenvalue weighted by Gasteiger charge is 2.37. The summed E-state index contributed by atoms with van der Waals surface area (Å²) in [7, 11) is 0. The molecule has 0 aliphatic heterocycles. The van der Waals surface area contributed by atoms with E-state index in [0.717, 1.165) is 17.3 Å². The van der Waals surface area contributed by atoms with E-state index in [4.69, 9.17) is 0 Å². The van der Waals surface area contributed by atoms with Crippen LogP contribution in [0.5, 0.6) is 0 Å². The maximum atomic E-state index is 2.46. The molecule has 9 rings (SSSR count). The maximum Gasteiger partial charge on any atom is 0.0543 e. The highest BCUT2D eigenvalue weighted by Crippen LogP contribution is 2.54. The highest BCUT2D eigenvalue weighted by atomic mass is 15.1. The van der Waals surface area contributed by atoms with Gasteiger partial charge >= 0.3 is 0 Å². The first-order valence-electron chi connectivity index (χ1n) is 19.0. The van der Waals surface area contributed by atoms with Gasteiger partial charge in [0.15, 0.2) is 0 Å². The van der Waals surface area contributed by atoms with Crippen LogP contribution in [0, 0.1) is 0 Å². The number of hydrogen-bond donors (Lipinski definition) is 0. The lowest BCUT2D eigenvalue weighted by Crippen LogP contribution is -2.16. The molecule has 2 aliphatic carbocycles. The average Bonchev–Trinajstić information content (AvgIpc) is 3.46. The van der Waals surface area contributed by atoms with E-state index in [2.05, 4.69) is 189 Å². The van der Waals surface area contributed by atoms with Crippen molar-refractivity contribution in [3.63, 3.8) is 0 Å². The molecule has 0 bridgehead atoms. The number of fused-ring (bicyclic) bond motifs is 3. The Morgan fingerprint density at radius 1 is 0.423 bits per heavy atom. The zero-order chi connectivity index (χ0) is 35.1. The third kappa shape index (κ3) is 5.75. The molecular weight excluding hydrogens is 627 g/mol. The zero-order valence-corrected chi connectivity index (χ0v) is 30.2. The van der Waals surface area contributed by atoms with Gasteiger partial charge in [-0.1, -0.05) is 173 Å². The molecule has 254 valence electrons. The van der Waals surface area contributed by atoms with Gasteiger partial charge in [-0.05, 0) is 105 Å². The molecule has 0 N–H and O–H groups in total. The minimum absolute atomic E-state index is 0.0771. The number of anilines is 3. The lowest BCUT2D eigenvalue weighted by atomic mass is 9.82. The minimum Gasteiger partial charge on any atom is -0.310 e. The van der Waals surface area contributed by atoms with Crippen LogP contribution in [0.3, 0.4) is 0 Å². The zero-order valence-electron chi connectivity index (χ0n) is 30.2. The third-order valence-corrected chi connectivity index (χ3v) is 11.7. The van der Waals surface area contributed by atoms with Crippen LogP contribution in [0.25, 0.3) is 44.5 Å². The van der Waals surface area contributed by atoms with E-state index in [-0.39, 0.29) is 5.41 Å². The molecule has 0 aromatic heterocycles. The molecule has 0 radical (unpaired) electrons. The first-order valence-corrected chi connectivity index (χ1v) is 19.0. The summed E-state index contributed by atoms with van der Waals surface area (Å²) in [6, 6.07) is 63.0. The molecule has 0 spiro atoms. The van der Waals surface area contributed by atoms with Gasteiger partial charge in [0, 0.05) is 22.4 Å². The Labute approximate surface area is 309 Å². The Bertz CT molecular complexity index is 2320. The van der Waals surface area contributed by atoms with E-state index in [1.807, 2.05) is 0 Å². The highest BCUT2D eigenvalue weighted by molar-refractivity contribution is 5.95. The molecule has 1 heteroatoms. The summed E-state index contributed by atoms with van der Waals surface area (Å²) in [6.45, 7) is 4.72. The summed E-state index contributed by atoms with van der Waals surface area (Å²) in [5, 5.41) is 0. The fourth-order valence-corrected chi connectivity index (χ4v) is 8.93. The average molecular weight is 672 g/mol. The van der Waals surface area contributed by atoms with Gasteiger partial charge in [-0.2, -0.15) is 0 Å². The van der Waals surface area contributed by atoms with Gasteiger partial charge in [0.25, 0.3) is 0 Å². The Hall–Kier alpha value is -5.66. The Balaban J connectivity index is 1.13. The van der Waals surface area contributed by atoms with E-state index < -0.39 is 0 Å². The molecular formula is C51H45N. The van der Waals surface area contributed by atoms with E-state index in [1.54, 1.807) is 0 Å². The van der Waals surface area contributed by atoms with Crippen LogP contribution in [-0.4, -0.2) is 0 Å². The monoisotopic (exact) mass is 671 g/mol. The number of benzene rings is 7. The van der Waals surface area contributed by atoms with Crippen molar-refractivity contribution in [1.29, 1.82) is 0 Å². The second-order valence-electron chi connectivity index (χ2n) is 15.2. The molecule has 0 unspecified atom stereocenters. The second-order valence-corrected chi connectivity index (χ2v) is 15.2. The summed E-state index contributed by atoms with van der Waals surface area (Å²) >= 11 is 0. The third-order valence-electron chi connectivity index (χ3n) is 11.7. The van der Waals surface area contributed by atoms with E-state index in [9.17, 15) is 0 Å². The molecule has 2 aliphatic rings. The molecule has 1 saturated carbocycles. The van der Waals surface area contributed by atoms with E-state index in [1.165, 1.54) is 99.0 Å². The predicted octanol–water partition coefficient (Wildman–Crippen LogP) is 14.5. The van der Waals surface area contributed by atoms with Crippen molar-refractivity contribution >= 4 is 17.1 Å². The van der Waals surface area contributed by atoms with Crippen LogP contribution in [0.4, 0.5) is 17.1 Å². The van der Waals surface area contributed by atoms with Crippen LogP contribution in [-0.2, 0) is 5.41 Å². The van der Waals surface area contributed by atoms with Crippen molar-refractivity contribution in [3.05, 3.63) is 187 Å². The summed E-state index contributed by atoms with van der Waals surface area (Å²) in [4.78, 5) is 2.46. The van der Waals surface area contributed by atoms with Crippen molar-refractivity contribution in [2.45, 2.75) is 57.3 Å². The lowest BCUT2D eigenvalue weighted by molar-refractivity contribution is 0.443. The van der Waals surface area contributed by atoms with Crippen molar-refractivity contribution in [2.24, 2.45) is 0 Å². The lowest BCUT2D eigenvalue weighted by Gasteiger charge is -2.29. The summed E-state index contributed by atoms with van der Waals surface area (Å²) in [6.07, 6.45) is 6.77. The topological polar surface area (TPSA) is 3.24 Å². The van der Waals surface area contributed by atoms with Crippen LogP contribution >= 0.6 is 0 Å². The Kier molecular flexibility index (Phi) is 8.36. The van der Waals surface area contributed by atoms with Crippen molar-refractivity contribution < 1.29 is 0 Å². The first kappa shape index (κ1) is 32.3. The molecule has 0 saturated heterocycles. The molecule has 0 atom stereocenters. The smallest absolute Gasteiger partial charge is 0.0543 e. The van der Waals surface area contributed by atoms with Gasteiger partial charge in [-0.15, -0.1) is 0 Å². The summed E-state index contributed by atoms with van der Waals surface area (Å²) in [5.74, 6) is 0.722. The van der Waals surface area contributed by atoms with Crippen LogP contribution < -0.4 is 4.90 Å². The molecule has 7 aromatic carbocycles. The summed E-state index contributed by atoms with van der Waals surface area (Å²) < 4.78 is 0. The minimum atomic E-state index is -0.0771. The quantitative estimate of drug-likeness (QED) is 0.163. The SMILES string of the molecule is CC1(C)c2ccccc2-c2c(N(c3ccc(-c4ccc(C5CCCCC5)cc4)cc3)c3ccc(-c4ccccc4-c4ccccc4)cc3)cccc21. The standard InChI is InChI=1S/C51H45N/c1-51(2)47-21-12-11-20-46(47)50-48(51)22-13-23-49(50)52(42-32-28-39(29-33-42)38-26-24-37(25-27-38)36-14-5-3-6-15-36)43-34-30-41(31-35-43)45-19-10-9-18-44(45)40-16-7-4-8-17-40/h4,7-13,16-36H,3,5-6,14-15H2,1-2H3. The van der Waals surface area contributed by atoms with Gasteiger partial charge in [-0.3, -0.25) is 0 Å². The van der Waals surface area contributed by atoms with Crippen LogP contribution in [0.1, 0.15) is 68.6 Å².